The van der Waals surface area contributed by atoms with Crippen LogP contribution in [0.5, 0.6) is 5.75 Å². The molecule has 1 atom stereocenters. The van der Waals surface area contributed by atoms with Crippen LogP contribution in [-0.2, 0) is 4.74 Å². The maximum atomic E-state index is 5.58. The summed E-state index contributed by atoms with van der Waals surface area (Å²) in [6.07, 6.45) is 3.30. The lowest BCUT2D eigenvalue weighted by atomic mass is 10.1. The number of hydrogen-bond donors (Lipinski definition) is 1. The molecule has 0 spiro atoms. The Morgan fingerprint density at radius 3 is 2.47 bits per heavy atom. The zero-order chi connectivity index (χ0) is 13.9. The van der Waals surface area contributed by atoms with Crippen LogP contribution in [-0.4, -0.2) is 26.9 Å². The molecule has 1 aromatic carbocycles. The fraction of sp³-hybridized carbons (Fsp3) is 0.625. The molecule has 108 valence electrons. The predicted molar refractivity (Wildman–Crippen MR) is 79.8 cm³/mol. The highest BCUT2D eigenvalue weighted by Crippen LogP contribution is 2.17. The van der Waals surface area contributed by atoms with Crippen LogP contribution in [0.1, 0.15) is 44.7 Å². The van der Waals surface area contributed by atoms with E-state index in [2.05, 4.69) is 31.3 Å². The van der Waals surface area contributed by atoms with Crippen molar-refractivity contribution in [1.29, 1.82) is 0 Å². The van der Waals surface area contributed by atoms with Gasteiger partial charge in [-0.15, -0.1) is 0 Å². The fourth-order valence-electron chi connectivity index (χ4n) is 1.88. The third-order valence-electron chi connectivity index (χ3n) is 3.08. The number of methoxy groups -OCH3 is 1. The summed E-state index contributed by atoms with van der Waals surface area (Å²) in [5.74, 6) is 0.956. The Bertz CT molecular complexity index is 324. The molecule has 19 heavy (non-hydrogen) atoms. The molecule has 0 amide bonds. The first-order valence-corrected chi connectivity index (χ1v) is 7.23. The summed E-state index contributed by atoms with van der Waals surface area (Å²) in [6.45, 7) is 6.97. The van der Waals surface area contributed by atoms with Gasteiger partial charge in [0.15, 0.2) is 0 Å². The van der Waals surface area contributed by atoms with E-state index in [-0.39, 0.29) is 0 Å². The molecule has 3 heteroatoms. The van der Waals surface area contributed by atoms with Crippen molar-refractivity contribution >= 4 is 0 Å². The molecule has 0 saturated heterocycles. The molecular formula is C16H27NO2. The van der Waals surface area contributed by atoms with E-state index in [0.717, 1.165) is 44.8 Å². The molecule has 0 aliphatic rings. The van der Waals surface area contributed by atoms with Crippen molar-refractivity contribution in [2.75, 3.05) is 26.9 Å². The Morgan fingerprint density at radius 2 is 1.84 bits per heavy atom. The van der Waals surface area contributed by atoms with Gasteiger partial charge in [-0.05, 0) is 50.4 Å². The fourth-order valence-corrected chi connectivity index (χ4v) is 1.88. The van der Waals surface area contributed by atoms with E-state index in [1.54, 1.807) is 7.11 Å². The van der Waals surface area contributed by atoms with Crippen LogP contribution in [0.3, 0.4) is 0 Å². The van der Waals surface area contributed by atoms with Crippen molar-refractivity contribution in [3.05, 3.63) is 29.8 Å². The zero-order valence-electron chi connectivity index (χ0n) is 12.4. The smallest absolute Gasteiger partial charge is 0.119 e. The average Bonchev–Trinajstić information content (AvgIpc) is 2.45. The van der Waals surface area contributed by atoms with Gasteiger partial charge in [0.25, 0.3) is 0 Å². The second kappa shape index (κ2) is 9.82. The van der Waals surface area contributed by atoms with E-state index in [1.807, 2.05) is 12.1 Å². The molecule has 0 aromatic heterocycles. The Balaban J connectivity index is 2.29. The third-order valence-corrected chi connectivity index (χ3v) is 3.08. The van der Waals surface area contributed by atoms with E-state index in [4.69, 9.17) is 9.47 Å². The molecular weight excluding hydrogens is 238 g/mol. The third kappa shape index (κ3) is 6.60. The van der Waals surface area contributed by atoms with Gasteiger partial charge in [-0.3, -0.25) is 0 Å². The SMILES string of the molecule is CCCOc1ccc(C(C)NCCCCOC)cc1. The van der Waals surface area contributed by atoms with E-state index in [0.29, 0.717) is 6.04 Å². The molecule has 1 rings (SSSR count). The van der Waals surface area contributed by atoms with Crippen molar-refractivity contribution in [2.24, 2.45) is 0 Å². The number of rotatable bonds is 10. The van der Waals surface area contributed by atoms with Gasteiger partial charge >= 0.3 is 0 Å². The normalized spacial score (nSPS) is 12.4. The quantitative estimate of drug-likeness (QED) is 0.656. The lowest BCUT2D eigenvalue weighted by Crippen LogP contribution is -2.20. The summed E-state index contributed by atoms with van der Waals surface area (Å²) in [5.41, 5.74) is 1.30. The predicted octanol–water partition coefficient (Wildman–Crippen LogP) is 3.55. The van der Waals surface area contributed by atoms with Crippen LogP contribution >= 0.6 is 0 Å². The number of hydrogen-bond acceptors (Lipinski definition) is 3. The van der Waals surface area contributed by atoms with Gasteiger partial charge in [-0.2, -0.15) is 0 Å². The first-order chi connectivity index (χ1) is 9.27. The van der Waals surface area contributed by atoms with Gasteiger partial charge in [-0.1, -0.05) is 19.1 Å². The van der Waals surface area contributed by atoms with Crippen LogP contribution in [0.15, 0.2) is 24.3 Å². The van der Waals surface area contributed by atoms with Crippen molar-refractivity contribution in [1.82, 2.24) is 5.32 Å². The van der Waals surface area contributed by atoms with Crippen LogP contribution in [0.4, 0.5) is 0 Å². The molecule has 3 nitrogen and oxygen atoms in total. The number of benzene rings is 1. The van der Waals surface area contributed by atoms with E-state index >= 15 is 0 Å². The maximum absolute atomic E-state index is 5.58. The number of nitrogens with one attached hydrogen (secondary N) is 1. The highest BCUT2D eigenvalue weighted by molar-refractivity contribution is 5.28. The van der Waals surface area contributed by atoms with Gasteiger partial charge in [-0.25, -0.2) is 0 Å². The maximum Gasteiger partial charge on any atom is 0.119 e. The standard InChI is InChI=1S/C16H27NO2/c1-4-12-19-16-9-7-15(8-10-16)14(2)17-11-5-6-13-18-3/h7-10,14,17H,4-6,11-13H2,1-3H3. The van der Waals surface area contributed by atoms with Gasteiger partial charge in [0.05, 0.1) is 6.61 Å². The molecule has 0 aliphatic carbocycles. The minimum absolute atomic E-state index is 0.378. The van der Waals surface area contributed by atoms with Crippen LogP contribution in [0.2, 0.25) is 0 Å². The van der Waals surface area contributed by atoms with Crippen LogP contribution < -0.4 is 10.1 Å². The van der Waals surface area contributed by atoms with Crippen molar-refractivity contribution < 1.29 is 9.47 Å². The van der Waals surface area contributed by atoms with Crippen molar-refractivity contribution in [3.63, 3.8) is 0 Å². The molecule has 1 aromatic rings. The molecule has 0 aliphatic heterocycles. The highest BCUT2D eigenvalue weighted by Gasteiger charge is 2.04. The van der Waals surface area contributed by atoms with Crippen molar-refractivity contribution in [3.8, 4) is 5.75 Å². The minimum Gasteiger partial charge on any atom is -0.494 e. The molecule has 0 saturated carbocycles. The molecule has 0 heterocycles. The molecule has 1 unspecified atom stereocenters. The lowest BCUT2D eigenvalue weighted by molar-refractivity contribution is 0.192. The largest absolute Gasteiger partial charge is 0.494 e. The monoisotopic (exact) mass is 265 g/mol. The van der Waals surface area contributed by atoms with Gasteiger partial charge in [0, 0.05) is 19.8 Å². The van der Waals surface area contributed by atoms with E-state index in [1.165, 1.54) is 5.56 Å². The minimum atomic E-state index is 0.378. The summed E-state index contributed by atoms with van der Waals surface area (Å²) in [4.78, 5) is 0. The Labute approximate surface area is 117 Å². The number of ether oxygens (including phenoxy) is 2. The van der Waals surface area contributed by atoms with Crippen molar-refractivity contribution in [2.45, 2.75) is 39.2 Å². The zero-order valence-corrected chi connectivity index (χ0v) is 12.4. The average molecular weight is 265 g/mol. The topological polar surface area (TPSA) is 30.5 Å². The second-order valence-electron chi connectivity index (χ2n) is 4.79. The van der Waals surface area contributed by atoms with Crippen LogP contribution in [0, 0.1) is 0 Å². The van der Waals surface area contributed by atoms with Gasteiger partial charge in [0.1, 0.15) is 5.75 Å². The van der Waals surface area contributed by atoms with Gasteiger partial charge in [0.2, 0.25) is 0 Å². The summed E-state index contributed by atoms with van der Waals surface area (Å²) in [5, 5.41) is 3.52. The molecule has 0 radical (unpaired) electrons. The lowest BCUT2D eigenvalue weighted by Gasteiger charge is -2.15. The number of unbranched alkanes of at least 4 members (excludes halogenated alkanes) is 1. The highest BCUT2D eigenvalue weighted by atomic mass is 16.5. The first kappa shape index (κ1) is 16.0. The molecule has 1 N–H and O–H groups in total. The summed E-state index contributed by atoms with van der Waals surface area (Å²) in [7, 11) is 1.75. The van der Waals surface area contributed by atoms with Gasteiger partial charge < -0.3 is 14.8 Å². The Kier molecular flexibility index (Phi) is 8.26. The Morgan fingerprint density at radius 1 is 1.11 bits per heavy atom. The molecule has 0 bridgehead atoms. The first-order valence-electron chi connectivity index (χ1n) is 7.23. The summed E-state index contributed by atoms with van der Waals surface area (Å²) >= 11 is 0. The van der Waals surface area contributed by atoms with Crippen LogP contribution in [0.25, 0.3) is 0 Å². The Hall–Kier alpha value is -1.06. The summed E-state index contributed by atoms with van der Waals surface area (Å²) < 4.78 is 10.6. The van der Waals surface area contributed by atoms with E-state index in [9.17, 15) is 0 Å². The second-order valence-corrected chi connectivity index (χ2v) is 4.79. The molecule has 0 fully saturated rings. The van der Waals surface area contributed by atoms with E-state index < -0.39 is 0 Å². The summed E-state index contributed by atoms with van der Waals surface area (Å²) in [6, 6.07) is 8.75.